The third-order valence-corrected chi connectivity index (χ3v) is 7.79. The van der Waals surface area contributed by atoms with E-state index in [0.29, 0.717) is 30.7 Å². The fourth-order valence-corrected chi connectivity index (χ4v) is 6.32. The fourth-order valence-electron chi connectivity index (χ4n) is 3.49. The Labute approximate surface area is 180 Å². The van der Waals surface area contributed by atoms with E-state index in [1.807, 2.05) is 13.8 Å². The number of sulfonamides is 1. The van der Waals surface area contributed by atoms with Crippen LogP contribution in [0.15, 0.2) is 40.6 Å². The second-order valence-electron chi connectivity index (χ2n) is 7.37. The minimum Gasteiger partial charge on any atom is -0.491 e. The molecule has 0 N–H and O–H groups in total. The number of carbonyl (C=O) groups excluding carboxylic acids is 2. The first-order valence-corrected chi connectivity index (χ1v) is 12.0. The molecule has 2 aromatic rings. The summed E-state index contributed by atoms with van der Waals surface area (Å²) in [5, 5.41) is 1.55. The van der Waals surface area contributed by atoms with Crippen molar-refractivity contribution in [3.05, 3.63) is 46.2 Å². The highest BCUT2D eigenvalue weighted by Crippen LogP contribution is 2.30. The van der Waals surface area contributed by atoms with Crippen molar-refractivity contribution in [2.75, 3.05) is 20.2 Å². The van der Waals surface area contributed by atoms with Gasteiger partial charge in [0.15, 0.2) is 5.78 Å². The van der Waals surface area contributed by atoms with E-state index < -0.39 is 21.9 Å². The molecular formula is C21H25NO6S2. The molecule has 0 bridgehead atoms. The van der Waals surface area contributed by atoms with Gasteiger partial charge in [-0.15, -0.1) is 11.3 Å². The molecule has 1 aliphatic heterocycles. The number of hydrogen-bond donors (Lipinski definition) is 0. The summed E-state index contributed by atoms with van der Waals surface area (Å²) in [4.78, 5) is 25.0. The number of piperidine rings is 1. The van der Waals surface area contributed by atoms with Crippen molar-refractivity contribution in [1.82, 2.24) is 4.31 Å². The predicted octanol–water partition coefficient (Wildman–Crippen LogP) is 3.61. The summed E-state index contributed by atoms with van der Waals surface area (Å²) in [6.45, 7) is 4.20. The van der Waals surface area contributed by atoms with Crippen LogP contribution in [0.3, 0.4) is 0 Å². The van der Waals surface area contributed by atoms with Gasteiger partial charge in [-0.05, 0) is 50.3 Å². The molecule has 0 amide bonds. The van der Waals surface area contributed by atoms with Gasteiger partial charge >= 0.3 is 5.97 Å². The summed E-state index contributed by atoms with van der Waals surface area (Å²) in [5.74, 6) is -0.641. The monoisotopic (exact) mass is 451 g/mol. The van der Waals surface area contributed by atoms with Crippen molar-refractivity contribution in [1.29, 1.82) is 0 Å². The van der Waals surface area contributed by atoms with E-state index in [2.05, 4.69) is 0 Å². The Kier molecular flexibility index (Phi) is 6.95. The van der Waals surface area contributed by atoms with E-state index in [1.54, 1.807) is 29.6 Å². The number of Topliss-reactive ketones (excluding diaryl/α,β-unsaturated/α-hetero) is 1. The molecule has 0 radical (unpaired) electrons. The molecule has 1 aliphatic rings. The van der Waals surface area contributed by atoms with Gasteiger partial charge < -0.3 is 9.47 Å². The highest BCUT2D eigenvalue weighted by molar-refractivity contribution is 7.89. The third-order valence-electron chi connectivity index (χ3n) is 4.86. The van der Waals surface area contributed by atoms with Gasteiger partial charge in [-0.25, -0.2) is 13.2 Å². The van der Waals surface area contributed by atoms with Crippen LogP contribution in [-0.2, 0) is 14.8 Å². The Bertz CT molecular complexity index is 1030. The smallest absolute Gasteiger partial charge is 0.349 e. The number of carbonyl (C=O) groups is 2. The molecule has 7 nitrogen and oxygen atoms in total. The third kappa shape index (κ3) is 4.74. The van der Waals surface area contributed by atoms with Crippen LogP contribution in [0.5, 0.6) is 5.75 Å². The first kappa shape index (κ1) is 22.5. The van der Waals surface area contributed by atoms with Crippen LogP contribution in [0.4, 0.5) is 0 Å². The number of benzene rings is 1. The zero-order valence-electron chi connectivity index (χ0n) is 17.2. The number of hydrogen-bond acceptors (Lipinski definition) is 7. The van der Waals surface area contributed by atoms with Crippen molar-refractivity contribution in [3.63, 3.8) is 0 Å². The minimum atomic E-state index is -3.91. The lowest BCUT2D eigenvalue weighted by Crippen LogP contribution is -2.42. The van der Waals surface area contributed by atoms with Gasteiger partial charge in [0.2, 0.25) is 10.0 Å². The van der Waals surface area contributed by atoms with Gasteiger partial charge in [0.1, 0.15) is 15.5 Å². The lowest BCUT2D eigenvalue weighted by Gasteiger charge is -2.31. The number of ketones is 1. The largest absolute Gasteiger partial charge is 0.491 e. The van der Waals surface area contributed by atoms with Crippen LogP contribution in [0.1, 0.15) is 46.7 Å². The first-order valence-electron chi connectivity index (χ1n) is 9.71. The number of rotatable bonds is 7. The van der Waals surface area contributed by atoms with E-state index in [0.717, 1.165) is 11.3 Å². The maximum Gasteiger partial charge on any atom is 0.349 e. The Balaban J connectivity index is 1.81. The second-order valence-corrected chi connectivity index (χ2v) is 10.2. The van der Waals surface area contributed by atoms with E-state index in [4.69, 9.17) is 9.47 Å². The summed E-state index contributed by atoms with van der Waals surface area (Å²) < 4.78 is 38.0. The van der Waals surface area contributed by atoms with Crippen molar-refractivity contribution >= 4 is 33.1 Å². The molecule has 1 aromatic heterocycles. The normalized spacial score (nSPS) is 17.7. The number of thiophene rings is 1. The van der Waals surface area contributed by atoms with Gasteiger partial charge in [0.05, 0.1) is 13.2 Å². The quantitative estimate of drug-likeness (QED) is 0.472. The molecule has 162 valence electrons. The fraction of sp³-hybridized carbons (Fsp3) is 0.429. The van der Waals surface area contributed by atoms with Crippen molar-refractivity contribution in [3.8, 4) is 5.75 Å². The van der Waals surface area contributed by atoms with E-state index in [1.165, 1.54) is 17.5 Å². The molecule has 30 heavy (non-hydrogen) atoms. The van der Waals surface area contributed by atoms with Gasteiger partial charge in [-0.3, -0.25) is 4.79 Å². The zero-order chi connectivity index (χ0) is 21.9. The molecule has 9 heteroatoms. The van der Waals surface area contributed by atoms with Crippen LogP contribution in [0, 0.1) is 5.92 Å². The summed E-state index contributed by atoms with van der Waals surface area (Å²) in [6.07, 6.45) is 1.16. The van der Waals surface area contributed by atoms with Crippen LogP contribution in [-0.4, -0.2) is 50.8 Å². The number of ether oxygens (including phenoxy) is 2. The van der Waals surface area contributed by atoms with Crippen LogP contribution in [0.2, 0.25) is 0 Å². The SMILES string of the molecule is COC(=O)c1sccc1S(=O)(=O)N1CCC[C@@H](C(=O)c2cccc(OC(C)C)c2)C1. The molecule has 1 saturated heterocycles. The Morgan fingerprint density at radius 1 is 1.23 bits per heavy atom. The highest BCUT2D eigenvalue weighted by atomic mass is 32.2. The topological polar surface area (TPSA) is 90.0 Å². The van der Waals surface area contributed by atoms with Gasteiger partial charge in [0.25, 0.3) is 0 Å². The molecular weight excluding hydrogens is 426 g/mol. The summed E-state index contributed by atoms with van der Waals surface area (Å²) >= 11 is 1.02. The van der Waals surface area contributed by atoms with E-state index in [9.17, 15) is 18.0 Å². The molecule has 0 unspecified atom stereocenters. The molecule has 1 fully saturated rings. The number of nitrogens with zero attached hydrogens (tertiary/aromatic N) is 1. The molecule has 1 atom stereocenters. The molecule has 2 heterocycles. The maximum absolute atomic E-state index is 13.2. The number of methoxy groups -OCH3 is 1. The average molecular weight is 452 g/mol. The van der Waals surface area contributed by atoms with Crippen molar-refractivity contribution in [2.24, 2.45) is 5.92 Å². The Morgan fingerprint density at radius 3 is 2.70 bits per heavy atom. The summed E-state index contributed by atoms with van der Waals surface area (Å²) in [5.41, 5.74) is 0.503. The lowest BCUT2D eigenvalue weighted by atomic mass is 9.91. The maximum atomic E-state index is 13.2. The van der Waals surface area contributed by atoms with Gasteiger partial charge in [-0.1, -0.05) is 12.1 Å². The van der Waals surface area contributed by atoms with Crippen LogP contribution >= 0.6 is 11.3 Å². The molecule has 0 spiro atoms. The standard InChI is InChI=1S/C21H25NO6S2/c1-14(2)28-17-8-4-6-15(12-17)19(23)16-7-5-10-22(13-16)30(25,26)18-9-11-29-20(18)21(24)27-3/h4,6,8-9,11-12,14,16H,5,7,10,13H2,1-3H3/t16-/m1/s1. The summed E-state index contributed by atoms with van der Waals surface area (Å²) in [7, 11) is -2.70. The molecule has 0 saturated carbocycles. The highest BCUT2D eigenvalue weighted by Gasteiger charge is 2.36. The van der Waals surface area contributed by atoms with Gasteiger partial charge in [0, 0.05) is 24.6 Å². The zero-order valence-corrected chi connectivity index (χ0v) is 18.8. The molecule has 3 rings (SSSR count). The lowest BCUT2D eigenvalue weighted by molar-refractivity contribution is 0.0601. The number of esters is 1. The Morgan fingerprint density at radius 2 is 2.00 bits per heavy atom. The molecule has 1 aromatic carbocycles. The minimum absolute atomic E-state index is 0.0136. The second kappa shape index (κ2) is 9.28. The van der Waals surface area contributed by atoms with Crippen LogP contribution < -0.4 is 4.74 Å². The van der Waals surface area contributed by atoms with Crippen LogP contribution in [0.25, 0.3) is 0 Å². The molecule has 0 aliphatic carbocycles. The Hall–Kier alpha value is -2.23. The van der Waals surface area contributed by atoms with Crippen molar-refractivity contribution in [2.45, 2.75) is 37.7 Å². The first-order chi connectivity index (χ1) is 14.2. The van der Waals surface area contributed by atoms with E-state index in [-0.39, 0.29) is 28.2 Å². The van der Waals surface area contributed by atoms with Gasteiger partial charge in [-0.2, -0.15) is 4.31 Å². The average Bonchev–Trinajstić information content (AvgIpc) is 3.23. The summed E-state index contributed by atoms with van der Waals surface area (Å²) in [6, 6.07) is 8.38. The van der Waals surface area contributed by atoms with Crippen molar-refractivity contribution < 1.29 is 27.5 Å². The predicted molar refractivity (Wildman–Crippen MR) is 114 cm³/mol. The van der Waals surface area contributed by atoms with E-state index >= 15 is 0 Å².